The van der Waals surface area contributed by atoms with E-state index in [2.05, 4.69) is 20.2 Å². The van der Waals surface area contributed by atoms with E-state index >= 15 is 0 Å². The third kappa shape index (κ3) is 5.16. The Labute approximate surface area is 204 Å². The first-order valence-corrected chi connectivity index (χ1v) is 11.6. The predicted molar refractivity (Wildman–Crippen MR) is 128 cm³/mol. The van der Waals surface area contributed by atoms with Gasteiger partial charge in [-0.15, -0.1) is 0 Å². The normalized spacial score (nSPS) is 17.9. The Hall–Kier alpha value is -2.75. The van der Waals surface area contributed by atoms with E-state index in [0.717, 1.165) is 30.0 Å². The van der Waals surface area contributed by atoms with E-state index in [1.165, 1.54) is 11.8 Å². The van der Waals surface area contributed by atoms with Crippen molar-refractivity contribution in [1.29, 1.82) is 0 Å². The summed E-state index contributed by atoms with van der Waals surface area (Å²) in [6.45, 7) is 7.44. The van der Waals surface area contributed by atoms with Gasteiger partial charge < -0.3 is 19.7 Å². The topological polar surface area (TPSA) is 96.9 Å². The minimum Gasteiger partial charge on any atom is -0.443 e. The van der Waals surface area contributed by atoms with Gasteiger partial charge in [-0.2, -0.15) is 0 Å². The number of carbonyl (C=O) groups excluding carboxylic acids is 2. The molecule has 4 heterocycles. The van der Waals surface area contributed by atoms with Crippen molar-refractivity contribution in [2.45, 2.75) is 51.8 Å². The van der Waals surface area contributed by atoms with Gasteiger partial charge in [-0.05, 0) is 58.5 Å². The molecular weight excluding hydrogens is 458 g/mol. The second-order valence-electron chi connectivity index (χ2n) is 9.88. The molecule has 9 nitrogen and oxygen atoms in total. The molecule has 4 rings (SSSR count). The molecule has 34 heavy (non-hydrogen) atoms. The van der Waals surface area contributed by atoms with Crippen molar-refractivity contribution in [2.24, 2.45) is 0 Å². The van der Waals surface area contributed by atoms with Crippen molar-refractivity contribution < 1.29 is 19.1 Å². The summed E-state index contributed by atoms with van der Waals surface area (Å²) in [5.41, 5.74) is 2.80. The highest BCUT2D eigenvalue weighted by molar-refractivity contribution is 6.31. The number of anilines is 2. The number of fused-ring (bicyclic) bond motifs is 1. The van der Waals surface area contributed by atoms with E-state index in [1.807, 2.05) is 26.4 Å². The van der Waals surface area contributed by atoms with Crippen molar-refractivity contribution in [3.05, 3.63) is 45.9 Å². The molecule has 10 heteroatoms. The van der Waals surface area contributed by atoms with E-state index in [4.69, 9.17) is 21.1 Å². The van der Waals surface area contributed by atoms with Gasteiger partial charge in [0.2, 0.25) is 0 Å². The lowest BCUT2D eigenvalue weighted by atomic mass is 9.95. The molecule has 0 radical (unpaired) electrons. The van der Waals surface area contributed by atoms with Crippen LogP contribution in [0.25, 0.3) is 0 Å². The van der Waals surface area contributed by atoms with Crippen LogP contribution >= 0.6 is 11.6 Å². The number of carbonyl (C=O) groups is 2. The Morgan fingerprint density at radius 1 is 1.32 bits per heavy atom. The number of ether oxygens (including phenoxy) is 2. The molecule has 2 amide bonds. The van der Waals surface area contributed by atoms with E-state index < -0.39 is 17.6 Å². The number of nitrogens with one attached hydrogen (secondary N) is 1. The number of pyridine rings is 2. The first-order chi connectivity index (χ1) is 16.0. The maximum atomic E-state index is 13.2. The number of nitrogens with zero attached hydrogens (tertiary/aromatic N) is 4. The zero-order valence-electron chi connectivity index (χ0n) is 20.1. The maximum Gasteiger partial charge on any atom is 0.417 e. The molecule has 0 saturated carbocycles. The highest BCUT2D eigenvalue weighted by Crippen LogP contribution is 2.36. The molecular formula is C24H30ClN5O4. The molecule has 0 bridgehead atoms. The van der Waals surface area contributed by atoms with Crippen molar-refractivity contribution in [3.63, 3.8) is 0 Å². The third-order valence-electron chi connectivity index (χ3n) is 5.66. The molecule has 1 saturated heterocycles. The van der Waals surface area contributed by atoms with E-state index in [0.29, 0.717) is 35.2 Å². The van der Waals surface area contributed by atoms with Crippen LogP contribution in [0.4, 0.5) is 16.3 Å². The van der Waals surface area contributed by atoms with Gasteiger partial charge in [0.05, 0.1) is 30.6 Å². The van der Waals surface area contributed by atoms with Gasteiger partial charge in [-0.1, -0.05) is 11.6 Å². The van der Waals surface area contributed by atoms with Gasteiger partial charge >= 0.3 is 6.09 Å². The molecule has 2 aliphatic heterocycles. The number of halogens is 1. The van der Waals surface area contributed by atoms with Gasteiger partial charge in [0, 0.05) is 30.8 Å². The summed E-state index contributed by atoms with van der Waals surface area (Å²) >= 11 is 6.29. The standard InChI is InChI=1S/C24H30ClN5O4/c1-24(2,3)34-23(32)30-12-17-20(22(30)31)18(10-27-21(17)25)28-19-8-15(11-29(4)5)16(9-26-19)14-6-7-33-13-14/h8-10,14H,6-7,11-13H2,1-5H3,(H,26,28). The van der Waals surface area contributed by atoms with Crippen LogP contribution in [0.15, 0.2) is 18.5 Å². The van der Waals surface area contributed by atoms with Crippen molar-refractivity contribution in [1.82, 2.24) is 19.8 Å². The summed E-state index contributed by atoms with van der Waals surface area (Å²) in [5, 5.41) is 3.40. The molecule has 0 spiro atoms. The molecule has 182 valence electrons. The number of hydrogen-bond donors (Lipinski definition) is 1. The smallest absolute Gasteiger partial charge is 0.417 e. The minimum atomic E-state index is -0.728. The number of imide groups is 1. The van der Waals surface area contributed by atoms with Gasteiger partial charge in [0.1, 0.15) is 16.6 Å². The molecule has 0 aromatic carbocycles. The monoisotopic (exact) mass is 487 g/mol. The Balaban J connectivity index is 1.63. The lowest BCUT2D eigenvalue weighted by molar-refractivity contribution is 0.0248. The molecule has 2 aromatic heterocycles. The fraction of sp³-hybridized carbons (Fsp3) is 0.500. The predicted octanol–water partition coefficient (Wildman–Crippen LogP) is 4.33. The minimum absolute atomic E-state index is 0.00432. The molecule has 1 atom stereocenters. The number of aromatic nitrogens is 2. The molecule has 1 N–H and O–H groups in total. The van der Waals surface area contributed by atoms with Crippen LogP contribution in [0.3, 0.4) is 0 Å². The lowest BCUT2D eigenvalue weighted by Gasteiger charge is -2.23. The molecule has 2 aliphatic rings. The van der Waals surface area contributed by atoms with Crippen LogP contribution in [0, 0.1) is 0 Å². The van der Waals surface area contributed by atoms with Crippen molar-refractivity contribution >= 4 is 35.1 Å². The average molecular weight is 488 g/mol. The summed E-state index contributed by atoms with van der Waals surface area (Å²) < 4.78 is 11.0. The van der Waals surface area contributed by atoms with Crippen molar-refractivity contribution in [3.8, 4) is 0 Å². The second-order valence-corrected chi connectivity index (χ2v) is 10.2. The van der Waals surface area contributed by atoms with Gasteiger partial charge in [-0.25, -0.2) is 19.7 Å². The SMILES string of the molecule is CN(C)Cc1cc(Nc2cnc(Cl)c3c2C(=O)N(C(=O)OC(C)(C)C)C3)ncc1C1CCOC1. The van der Waals surface area contributed by atoms with Gasteiger partial charge in [-0.3, -0.25) is 4.79 Å². The average Bonchev–Trinajstić information content (AvgIpc) is 3.38. The summed E-state index contributed by atoms with van der Waals surface area (Å²) in [7, 11) is 4.03. The summed E-state index contributed by atoms with van der Waals surface area (Å²) in [5.74, 6) is 0.417. The maximum absolute atomic E-state index is 13.2. The van der Waals surface area contributed by atoms with E-state index in [-0.39, 0.29) is 11.7 Å². The number of amides is 2. The zero-order valence-corrected chi connectivity index (χ0v) is 20.9. The summed E-state index contributed by atoms with van der Waals surface area (Å²) in [4.78, 5) is 37.8. The first kappa shape index (κ1) is 24.4. The Morgan fingerprint density at radius 2 is 2.09 bits per heavy atom. The third-order valence-corrected chi connectivity index (χ3v) is 5.99. The lowest BCUT2D eigenvalue weighted by Crippen LogP contribution is -2.37. The number of hydrogen-bond acceptors (Lipinski definition) is 8. The molecule has 0 aliphatic carbocycles. The largest absolute Gasteiger partial charge is 0.443 e. The fourth-order valence-electron chi connectivity index (χ4n) is 4.18. The Kier molecular flexibility index (Phi) is 6.80. The quantitative estimate of drug-likeness (QED) is 0.622. The Bertz CT molecular complexity index is 1110. The van der Waals surface area contributed by atoms with E-state index in [9.17, 15) is 9.59 Å². The van der Waals surface area contributed by atoms with Crippen LogP contribution in [0.2, 0.25) is 5.15 Å². The highest BCUT2D eigenvalue weighted by Gasteiger charge is 2.38. The van der Waals surface area contributed by atoms with E-state index in [1.54, 1.807) is 20.8 Å². The highest BCUT2D eigenvalue weighted by atomic mass is 35.5. The van der Waals surface area contributed by atoms with Crippen LogP contribution in [0.5, 0.6) is 0 Å². The summed E-state index contributed by atoms with van der Waals surface area (Å²) in [6.07, 6.45) is 3.62. The molecule has 2 aromatic rings. The van der Waals surface area contributed by atoms with Crippen LogP contribution in [-0.2, 0) is 22.6 Å². The van der Waals surface area contributed by atoms with Crippen LogP contribution in [0.1, 0.15) is 60.2 Å². The van der Waals surface area contributed by atoms with Gasteiger partial charge in [0.25, 0.3) is 5.91 Å². The Morgan fingerprint density at radius 3 is 2.74 bits per heavy atom. The fourth-order valence-corrected chi connectivity index (χ4v) is 4.38. The van der Waals surface area contributed by atoms with Crippen LogP contribution in [-0.4, -0.2) is 64.7 Å². The molecule has 1 fully saturated rings. The van der Waals surface area contributed by atoms with Gasteiger partial charge in [0.15, 0.2) is 0 Å². The summed E-state index contributed by atoms with van der Waals surface area (Å²) in [6, 6.07) is 1.99. The molecule has 1 unspecified atom stereocenters. The number of rotatable bonds is 5. The van der Waals surface area contributed by atoms with Crippen molar-refractivity contribution in [2.75, 3.05) is 32.6 Å². The second kappa shape index (κ2) is 9.48. The van der Waals surface area contributed by atoms with Crippen LogP contribution < -0.4 is 5.32 Å². The zero-order chi connectivity index (χ0) is 24.6. The first-order valence-electron chi connectivity index (χ1n) is 11.2.